The molecule has 0 spiro atoms. The van der Waals surface area contributed by atoms with Gasteiger partial charge in [0, 0.05) is 19.2 Å². The molecule has 124 valence electrons. The molecule has 6 nitrogen and oxygen atoms in total. The lowest BCUT2D eigenvalue weighted by Crippen LogP contribution is -2.75. The maximum atomic E-state index is 12.6. The molecule has 23 heavy (non-hydrogen) atoms. The zero-order valence-electron chi connectivity index (χ0n) is 12.6. The van der Waals surface area contributed by atoms with E-state index >= 15 is 0 Å². The molecule has 0 aliphatic carbocycles. The van der Waals surface area contributed by atoms with Gasteiger partial charge in [0.2, 0.25) is 11.8 Å². The van der Waals surface area contributed by atoms with E-state index in [0.717, 1.165) is 5.00 Å². The van der Waals surface area contributed by atoms with Gasteiger partial charge in [0.1, 0.15) is 16.2 Å². The third-order valence-corrected chi connectivity index (χ3v) is 7.96. The molecule has 2 aliphatic heterocycles. The van der Waals surface area contributed by atoms with Gasteiger partial charge in [-0.05, 0) is 23.8 Å². The molecule has 0 radical (unpaired) electrons. The lowest BCUT2D eigenvalue weighted by molar-refractivity contribution is -0.150. The molecule has 9 heteroatoms. The van der Waals surface area contributed by atoms with Crippen LogP contribution in [-0.2, 0) is 14.4 Å². The highest BCUT2D eigenvalue weighted by Crippen LogP contribution is 2.45. The maximum absolute atomic E-state index is 12.6. The van der Waals surface area contributed by atoms with Crippen LogP contribution in [0, 0.1) is 0 Å². The number of carboxylic acid groups (broad SMARTS) is 1. The van der Waals surface area contributed by atoms with Crippen molar-refractivity contribution >= 4 is 57.6 Å². The molecule has 3 rings (SSSR count). The van der Waals surface area contributed by atoms with Crippen molar-refractivity contribution < 1.29 is 19.5 Å². The van der Waals surface area contributed by atoms with Gasteiger partial charge in [-0.3, -0.25) is 19.3 Å². The summed E-state index contributed by atoms with van der Waals surface area (Å²) in [6.45, 7) is 1.64. The van der Waals surface area contributed by atoms with E-state index in [1.165, 1.54) is 46.7 Å². The van der Waals surface area contributed by atoms with E-state index in [2.05, 4.69) is 0 Å². The first-order valence-corrected chi connectivity index (χ1v) is 10.1. The average Bonchev–Trinajstić information content (AvgIpc) is 3.04. The molecular formula is C14H16N2O4S3. The zero-order chi connectivity index (χ0) is 16.8. The fourth-order valence-electron chi connectivity index (χ4n) is 2.87. The summed E-state index contributed by atoms with van der Waals surface area (Å²) in [7, 11) is 0. The Hall–Kier alpha value is -1.19. The normalized spacial score (nSPS) is 29.7. The highest BCUT2D eigenvalue weighted by molar-refractivity contribution is 8.04. The Morgan fingerprint density at radius 2 is 2.26 bits per heavy atom. The predicted octanol–water partition coefficient (Wildman–Crippen LogP) is 1.57. The summed E-state index contributed by atoms with van der Waals surface area (Å²) >= 11 is 4.12. The second-order valence-electron chi connectivity index (χ2n) is 5.46. The predicted molar refractivity (Wildman–Crippen MR) is 93.1 cm³/mol. The van der Waals surface area contributed by atoms with Gasteiger partial charge < -0.3 is 10.0 Å². The molecule has 2 aliphatic rings. The minimum absolute atomic E-state index is 0.173. The van der Waals surface area contributed by atoms with Crippen molar-refractivity contribution in [2.24, 2.45) is 0 Å². The Balaban J connectivity index is 1.83. The van der Waals surface area contributed by atoms with Crippen LogP contribution < -0.4 is 4.90 Å². The SMILES string of the molecule is CSC1(C(=O)O)CS[C@@H]2C(N(C(C)=O)c3cccs3)C(=O)N2C1. The van der Waals surface area contributed by atoms with Crippen LogP contribution in [0.2, 0.25) is 0 Å². The molecule has 1 aromatic heterocycles. The minimum atomic E-state index is -0.966. The number of aliphatic carboxylic acids is 1. The van der Waals surface area contributed by atoms with Gasteiger partial charge in [0.05, 0.1) is 5.00 Å². The third-order valence-electron chi connectivity index (χ3n) is 4.17. The summed E-state index contributed by atoms with van der Waals surface area (Å²) in [6, 6.07) is 3.12. The number of hydrogen-bond acceptors (Lipinski definition) is 6. The standard InChI is InChI=1S/C14H16N2O4S3/c1-8(17)16(9-4-3-5-22-9)10-11(18)15-6-14(21-2,13(19)20)7-23-12(10)15/h3-5,10,12H,6-7H2,1-2H3,(H,19,20)/t10?,12-,14?/m1/s1. The summed E-state index contributed by atoms with van der Waals surface area (Å²) in [5, 5.41) is 11.9. The van der Waals surface area contributed by atoms with Crippen LogP contribution in [0.3, 0.4) is 0 Å². The molecule has 1 N–H and O–H groups in total. The molecule has 0 bridgehead atoms. The van der Waals surface area contributed by atoms with Crippen LogP contribution >= 0.6 is 34.9 Å². The number of hydrogen-bond donors (Lipinski definition) is 1. The zero-order valence-corrected chi connectivity index (χ0v) is 15.0. The largest absolute Gasteiger partial charge is 0.480 e. The van der Waals surface area contributed by atoms with Gasteiger partial charge in [-0.15, -0.1) is 34.9 Å². The number of thiophene rings is 1. The molecular weight excluding hydrogens is 356 g/mol. The molecule has 2 unspecified atom stereocenters. The number of nitrogens with zero attached hydrogens (tertiary/aromatic N) is 2. The van der Waals surface area contributed by atoms with Crippen molar-refractivity contribution in [1.29, 1.82) is 0 Å². The Bertz CT molecular complexity index is 650. The first-order valence-electron chi connectivity index (χ1n) is 6.95. The summed E-state index contributed by atoms with van der Waals surface area (Å²) in [5.74, 6) is -0.824. The van der Waals surface area contributed by atoms with Gasteiger partial charge in [0.25, 0.3) is 0 Å². The number of fused-ring (bicyclic) bond motifs is 1. The second kappa shape index (κ2) is 6.03. The van der Waals surface area contributed by atoms with Crippen molar-refractivity contribution in [3.63, 3.8) is 0 Å². The summed E-state index contributed by atoms with van der Waals surface area (Å²) in [4.78, 5) is 39.3. The first kappa shape index (κ1) is 16.7. The van der Waals surface area contributed by atoms with Crippen molar-refractivity contribution in [1.82, 2.24) is 4.90 Å². The molecule has 0 aromatic carbocycles. The van der Waals surface area contributed by atoms with Gasteiger partial charge in [-0.25, -0.2) is 0 Å². The smallest absolute Gasteiger partial charge is 0.322 e. The number of thioether (sulfide) groups is 2. The van der Waals surface area contributed by atoms with Crippen LogP contribution in [0.4, 0.5) is 5.00 Å². The average molecular weight is 372 g/mol. The summed E-state index contributed by atoms with van der Waals surface area (Å²) in [5.41, 5.74) is 0. The van der Waals surface area contributed by atoms with Gasteiger partial charge in [-0.2, -0.15) is 0 Å². The highest BCUT2D eigenvalue weighted by atomic mass is 32.2. The lowest BCUT2D eigenvalue weighted by Gasteiger charge is -2.55. The number of anilines is 1. The lowest BCUT2D eigenvalue weighted by atomic mass is 10.0. The molecule has 2 fully saturated rings. The number of carbonyl (C=O) groups is 3. The van der Waals surface area contributed by atoms with E-state index in [9.17, 15) is 19.5 Å². The maximum Gasteiger partial charge on any atom is 0.322 e. The van der Waals surface area contributed by atoms with Crippen LogP contribution in [0.25, 0.3) is 0 Å². The van der Waals surface area contributed by atoms with Crippen molar-refractivity contribution in [2.75, 3.05) is 23.5 Å². The second-order valence-corrected chi connectivity index (χ2v) is 8.68. The van der Waals surface area contributed by atoms with Crippen LogP contribution in [0.15, 0.2) is 17.5 Å². The molecule has 0 saturated carbocycles. The van der Waals surface area contributed by atoms with E-state index in [4.69, 9.17) is 0 Å². The Kier molecular flexibility index (Phi) is 4.37. The molecule has 1 aromatic rings. The first-order chi connectivity index (χ1) is 10.9. The minimum Gasteiger partial charge on any atom is -0.480 e. The van der Waals surface area contributed by atoms with Crippen LogP contribution in [0.1, 0.15) is 6.92 Å². The fraction of sp³-hybridized carbons (Fsp3) is 0.500. The highest BCUT2D eigenvalue weighted by Gasteiger charge is 2.59. The van der Waals surface area contributed by atoms with E-state index in [-0.39, 0.29) is 23.7 Å². The number of carbonyl (C=O) groups excluding carboxylic acids is 2. The topological polar surface area (TPSA) is 77.9 Å². The van der Waals surface area contributed by atoms with E-state index in [0.29, 0.717) is 5.75 Å². The summed E-state index contributed by atoms with van der Waals surface area (Å²) in [6.07, 6.45) is 1.75. The van der Waals surface area contributed by atoms with E-state index in [1.807, 2.05) is 17.5 Å². The van der Waals surface area contributed by atoms with Crippen molar-refractivity contribution in [2.45, 2.75) is 23.1 Å². The van der Waals surface area contributed by atoms with Gasteiger partial charge in [0.15, 0.2) is 0 Å². The summed E-state index contributed by atoms with van der Waals surface area (Å²) < 4.78 is -0.966. The van der Waals surface area contributed by atoms with Gasteiger partial charge >= 0.3 is 5.97 Å². The molecule has 2 amide bonds. The third kappa shape index (κ3) is 2.54. The quantitative estimate of drug-likeness (QED) is 0.809. The van der Waals surface area contributed by atoms with Gasteiger partial charge in [-0.1, -0.05) is 0 Å². The van der Waals surface area contributed by atoms with Crippen LogP contribution in [-0.4, -0.2) is 62.5 Å². The number of amides is 2. The van der Waals surface area contributed by atoms with Crippen molar-refractivity contribution in [3.8, 4) is 0 Å². The number of rotatable bonds is 4. The van der Waals surface area contributed by atoms with Crippen molar-refractivity contribution in [3.05, 3.63) is 17.5 Å². The Morgan fingerprint density at radius 1 is 1.52 bits per heavy atom. The molecule has 2 saturated heterocycles. The Labute approximate surface area is 146 Å². The fourth-order valence-corrected chi connectivity index (χ4v) is 6.23. The van der Waals surface area contributed by atoms with Crippen LogP contribution in [0.5, 0.6) is 0 Å². The number of β-lactam (4-membered cyclic amide) rings is 1. The monoisotopic (exact) mass is 372 g/mol. The molecule has 3 atom stereocenters. The van der Waals surface area contributed by atoms with E-state index < -0.39 is 16.8 Å². The Morgan fingerprint density at radius 3 is 2.78 bits per heavy atom. The number of carboxylic acids is 1. The van der Waals surface area contributed by atoms with E-state index in [1.54, 1.807) is 11.2 Å². The molecule has 3 heterocycles.